The molecule has 2 aliphatic rings. The number of rotatable bonds is 3. The second-order valence-electron chi connectivity index (χ2n) is 6.75. The molecule has 2 atom stereocenters. The van der Waals surface area contributed by atoms with Crippen molar-refractivity contribution in [1.29, 1.82) is 0 Å². The number of carbonyl (C=O) groups is 2. The highest BCUT2D eigenvalue weighted by molar-refractivity contribution is 5.94. The zero-order valence-corrected chi connectivity index (χ0v) is 13.1. The number of carboxylic acids is 1. The van der Waals surface area contributed by atoms with Gasteiger partial charge in [-0.15, -0.1) is 0 Å². The van der Waals surface area contributed by atoms with Crippen LogP contribution in [0.5, 0.6) is 0 Å². The summed E-state index contributed by atoms with van der Waals surface area (Å²) >= 11 is 0. The van der Waals surface area contributed by atoms with Crippen molar-refractivity contribution in [3.63, 3.8) is 0 Å². The highest BCUT2D eigenvalue weighted by atomic mass is 16.4. The number of carbonyl (C=O) groups excluding carboxylic acids is 1. The van der Waals surface area contributed by atoms with E-state index in [0.717, 1.165) is 25.0 Å². The normalized spacial score (nSPS) is 23.9. The van der Waals surface area contributed by atoms with Gasteiger partial charge in [-0.3, -0.25) is 14.6 Å². The Morgan fingerprint density at radius 1 is 1.32 bits per heavy atom. The number of fused-ring (bicyclic) bond motifs is 1. The number of aryl methyl sites for hydroxylation is 2. The lowest BCUT2D eigenvalue weighted by molar-refractivity contribution is -0.142. The smallest absolute Gasteiger partial charge is 0.308 e. The minimum absolute atomic E-state index is 0.0174. The topological polar surface area (TPSA) is 70.5 Å². The molecule has 0 spiro atoms. The van der Waals surface area contributed by atoms with Crippen LogP contribution < -0.4 is 0 Å². The standard InChI is InChI=1S/C17H22N2O3/c1-10(2)13-8-19(9-14(13)17(21)22)16(20)12-6-11-4-3-5-15(11)18-7-12/h6-7,10,13-14H,3-5,8-9H2,1-2H3,(H,21,22)/t13-,14+/m0/s1. The summed E-state index contributed by atoms with van der Waals surface area (Å²) in [5, 5.41) is 9.38. The number of amides is 1. The van der Waals surface area contributed by atoms with Gasteiger partial charge in [-0.05, 0) is 42.7 Å². The summed E-state index contributed by atoms with van der Waals surface area (Å²) in [5.74, 6) is -1.09. The monoisotopic (exact) mass is 302 g/mol. The Morgan fingerprint density at radius 2 is 2.09 bits per heavy atom. The Labute approximate surface area is 130 Å². The molecule has 5 heteroatoms. The Kier molecular flexibility index (Phi) is 3.89. The van der Waals surface area contributed by atoms with Crippen molar-refractivity contribution in [3.8, 4) is 0 Å². The van der Waals surface area contributed by atoms with Crippen molar-refractivity contribution in [2.45, 2.75) is 33.1 Å². The highest BCUT2D eigenvalue weighted by Gasteiger charge is 2.41. The predicted octanol–water partition coefficient (Wildman–Crippen LogP) is 2.00. The van der Waals surface area contributed by atoms with E-state index in [4.69, 9.17) is 0 Å². The molecule has 1 aromatic rings. The Balaban J connectivity index is 1.79. The van der Waals surface area contributed by atoms with E-state index in [9.17, 15) is 14.7 Å². The van der Waals surface area contributed by atoms with Crippen molar-refractivity contribution in [1.82, 2.24) is 9.88 Å². The molecule has 1 aliphatic heterocycles. The van der Waals surface area contributed by atoms with Gasteiger partial charge in [0.15, 0.2) is 0 Å². The summed E-state index contributed by atoms with van der Waals surface area (Å²) in [5.41, 5.74) is 2.86. The van der Waals surface area contributed by atoms with Crippen molar-refractivity contribution in [3.05, 3.63) is 29.1 Å². The van der Waals surface area contributed by atoms with E-state index in [1.165, 1.54) is 5.56 Å². The van der Waals surface area contributed by atoms with Crippen molar-refractivity contribution >= 4 is 11.9 Å². The third-order valence-electron chi connectivity index (χ3n) is 4.99. The third kappa shape index (κ3) is 2.60. The molecular weight excluding hydrogens is 280 g/mol. The first-order chi connectivity index (χ1) is 10.5. The van der Waals surface area contributed by atoms with E-state index in [2.05, 4.69) is 4.98 Å². The predicted molar refractivity (Wildman–Crippen MR) is 81.6 cm³/mol. The zero-order valence-electron chi connectivity index (χ0n) is 13.1. The molecule has 3 rings (SSSR count). The molecule has 0 saturated carbocycles. The van der Waals surface area contributed by atoms with Crippen LogP contribution in [0.4, 0.5) is 0 Å². The zero-order chi connectivity index (χ0) is 15.9. The van der Waals surface area contributed by atoms with Crippen LogP contribution in [0.15, 0.2) is 12.3 Å². The first-order valence-corrected chi connectivity index (χ1v) is 7.97. The molecule has 1 aliphatic carbocycles. The van der Waals surface area contributed by atoms with E-state index < -0.39 is 11.9 Å². The number of aliphatic carboxylic acids is 1. The lowest BCUT2D eigenvalue weighted by Gasteiger charge is -2.19. The van der Waals surface area contributed by atoms with Gasteiger partial charge in [0, 0.05) is 25.0 Å². The number of carboxylic acid groups (broad SMARTS) is 1. The van der Waals surface area contributed by atoms with Gasteiger partial charge in [0.1, 0.15) is 0 Å². The molecule has 1 aromatic heterocycles. The summed E-state index contributed by atoms with van der Waals surface area (Å²) in [6.45, 7) is 4.86. The average molecular weight is 302 g/mol. The van der Waals surface area contributed by atoms with E-state index >= 15 is 0 Å². The summed E-state index contributed by atoms with van der Waals surface area (Å²) in [6.07, 6.45) is 4.71. The maximum absolute atomic E-state index is 12.7. The molecule has 1 saturated heterocycles. The van der Waals surface area contributed by atoms with Crippen LogP contribution in [0.2, 0.25) is 0 Å². The fourth-order valence-corrected chi connectivity index (χ4v) is 3.66. The van der Waals surface area contributed by atoms with E-state index in [-0.39, 0.29) is 17.7 Å². The SMILES string of the molecule is CC(C)[C@@H]1CN(C(=O)c2cnc3c(c2)CCC3)C[C@H]1C(=O)O. The van der Waals surface area contributed by atoms with Crippen LogP contribution in [0.1, 0.15) is 41.9 Å². The van der Waals surface area contributed by atoms with Crippen LogP contribution in [0, 0.1) is 17.8 Å². The van der Waals surface area contributed by atoms with Crippen LogP contribution >= 0.6 is 0 Å². The van der Waals surface area contributed by atoms with E-state index in [1.807, 2.05) is 19.9 Å². The minimum Gasteiger partial charge on any atom is -0.481 e. The van der Waals surface area contributed by atoms with Gasteiger partial charge in [0.2, 0.25) is 0 Å². The number of likely N-dealkylation sites (tertiary alicyclic amines) is 1. The lowest BCUT2D eigenvalue weighted by Crippen LogP contribution is -2.30. The molecule has 1 fully saturated rings. The molecule has 0 unspecified atom stereocenters. The second-order valence-corrected chi connectivity index (χ2v) is 6.75. The summed E-state index contributed by atoms with van der Waals surface area (Å²) < 4.78 is 0. The molecule has 1 amide bonds. The van der Waals surface area contributed by atoms with Gasteiger partial charge in [0.05, 0.1) is 11.5 Å². The molecule has 22 heavy (non-hydrogen) atoms. The molecular formula is C17H22N2O3. The number of aromatic nitrogens is 1. The van der Waals surface area contributed by atoms with Crippen LogP contribution in [-0.2, 0) is 17.6 Å². The molecule has 0 bridgehead atoms. The summed E-state index contributed by atoms with van der Waals surface area (Å²) in [4.78, 5) is 30.2. The van der Waals surface area contributed by atoms with Gasteiger partial charge in [0.25, 0.3) is 5.91 Å². The first-order valence-electron chi connectivity index (χ1n) is 7.97. The van der Waals surface area contributed by atoms with Crippen LogP contribution in [0.25, 0.3) is 0 Å². The Morgan fingerprint density at radius 3 is 2.73 bits per heavy atom. The number of nitrogens with zero attached hydrogens (tertiary/aromatic N) is 2. The quantitative estimate of drug-likeness (QED) is 0.927. The van der Waals surface area contributed by atoms with Gasteiger partial charge in [-0.2, -0.15) is 0 Å². The first kappa shape index (κ1) is 15.0. The fourth-order valence-electron chi connectivity index (χ4n) is 3.66. The largest absolute Gasteiger partial charge is 0.481 e. The molecule has 5 nitrogen and oxygen atoms in total. The maximum Gasteiger partial charge on any atom is 0.308 e. The fraction of sp³-hybridized carbons (Fsp3) is 0.588. The third-order valence-corrected chi connectivity index (χ3v) is 4.99. The lowest BCUT2D eigenvalue weighted by atomic mass is 9.86. The summed E-state index contributed by atoms with van der Waals surface area (Å²) in [7, 11) is 0. The van der Waals surface area contributed by atoms with E-state index in [1.54, 1.807) is 11.1 Å². The molecule has 118 valence electrons. The van der Waals surface area contributed by atoms with Crippen LogP contribution in [0.3, 0.4) is 0 Å². The highest BCUT2D eigenvalue weighted by Crippen LogP contribution is 2.31. The summed E-state index contributed by atoms with van der Waals surface area (Å²) in [6, 6.07) is 1.94. The van der Waals surface area contributed by atoms with E-state index in [0.29, 0.717) is 18.7 Å². The second kappa shape index (κ2) is 5.71. The number of hydrogen-bond donors (Lipinski definition) is 1. The van der Waals surface area contributed by atoms with Gasteiger partial charge >= 0.3 is 5.97 Å². The molecule has 2 heterocycles. The van der Waals surface area contributed by atoms with Gasteiger partial charge in [-0.25, -0.2) is 0 Å². The van der Waals surface area contributed by atoms with Gasteiger partial charge < -0.3 is 10.0 Å². The van der Waals surface area contributed by atoms with Crippen molar-refractivity contribution in [2.24, 2.45) is 17.8 Å². The molecule has 1 N–H and O–H groups in total. The minimum atomic E-state index is -0.805. The van der Waals surface area contributed by atoms with Crippen molar-refractivity contribution in [2.75, 3.05) is 13.1 Å². The van der Waals surface area contributed by atoms with Gasteiger partial charge in [-0.1, -0.05) is 13.8 Å². The molecule has 0 aromatic carbocycles. The number of hydrogen-bond acceptors (Lipinski definition) is 3. The molecule has 0 radical (unpaired) electrons. The maximum atomic E-state index is 12.7. The average Bonchev–Trinajstić information content (AvgIpc) is 3.12. The Bertz CT molecular complexity index is 612. The van der Waals surface area contributed by atoms with Crippen LogP contribution in [-0.4, -0.2) is 40.0 Å². The number of pyridine rings is 1. The van der Waals surface area contributed by atoms with Crippen molar-refractivity contribution < 1.29 is 14.7 Å². The Hall–Kier alpha value is -1.91.